The fraction of sp³-hybridized carbons (Fsp3) is 0.308. The highest BCUT2D eigenvalue weighted by Crippen LogP contribution is 2.18. The molecule has 0 aliphatic carbocycles. The predicted molar refractivity (Wildman–Crippen MR) is 70.5 cm³/mol. The van der Waals surface area contributed by atoms with E-state index in [-0.39, 0.29) is 18.2 Å². The maximum absolute atomic E-state index is 11.3. The Bertz CT molecular complexity index is 518. The number of nitrogens with one attached hydrogen (secondary N) is 2. The van der Waals surface area contributed by atoms with E-state index in [1.165, 1.54) is 0 Å². The highest BCUT2D eigenvalue weighted by Gasteiger charge is 2.16. The second-order valence-electron chi connectivity index (χ2n) is 4.20. The maximum Gasteiger partial charge on any atom is 0.239 e. The molecule has 1 heterocycles. The first-order chi connectivity index (χ1) is 9.19. The van der Waals surface area contributed by atoms with Crippen molar-refractivity contribution in [1.29, 1.82) is 5.26 Å². The minimum atomic E-state index is -0.326. The molecule has 19 heavy (non-hydrogen) atoms. The Hall–Kier alpha value is -2.55. The predicted octanol–water partition coefficient (Wildman–Crippen LogP) is 0.475. The summed E-state index contributed by atoms with van der Waals surface area (Å²) in [4.78, 5) is 24.5. The number of hydrogen-bond acceptors (Lipinski definition) is 4. The first kappa shape index (κ1) is 12.9. The molecule has 0 spiro atoms. The van der Waals surface area contributed by atoms with Gasteiger partial charge < -0.3 is 15.5 Å². The first-order valence-electron chi connectivity index (χ1n) is 5.97. The summed E-state index contributed by atoms with van der Waals surface area (Å²) >= 11 is 0. The Morgan fingerprint density at radius 3 is 2.79 bits per heavy atom. The summed E-state index contributed by atoms with van der Waals surface area (Å²) in [7, 11) is 0. The van der Waals surface area contributed by atoms with Gasteiger partial charge in [0, 0.05) is 24.5 Å². The number of nitrogens with zero attached hydrogens (tertiary/aromatic N) is 2. The van der Waals surface area contributed by atoms with Crippen molar-refractivity contribution >= 4 is 23.2 Å². The van der Waals surface area contributed by atoms with Crippen molar-refractivity contribution in [3.8, 4) is 6.07 Å². The van der Waals surface area contributed by atoms with Crippen molar-refractivity contribution in [1.82, 2.24) is 5.32 Å². The molecule has 1 saturated heterocycles. The van der Waals surface area contributed by atoms with Gasteiger partial charge in [0.25, 0.3) is 0 Å². The zero-order valence-corrected chi connectivity index (χ0v) is 10.3. The standard InChI is InChI=1S/C13H14N4O2/c14-6-5-12(18)16-10-1-3-11(4-2-10)17-8-7-15-13(19)9-17/h1-4H,5,7-9H2,(H,15,19)(H,16,18). The molecule has 1 aliphatic heterocycles. The maximum atomic E-state index is 11.3. The van der Waals surface area contributed by atoms with Crippen LogP contribution in [0.5, 0.6) is 0 Å². The Morgan fingerprint density at radius 1 is 1.42 bits per heavy atom. The molecule has 1 aromatic rings. The number of amides is 2. The zero-order valence-electron chi connectivity index (χ0n) is 10.3. The van der Waals surface area contributed by atoms with Crippen LogP contribution in [0.2, 0.25) is 0 Å². The molecule has 1 aromatic carbocycles. The van der Waals surface area contributed by atoms with Gasteiger partial charge in [-0.15, -0.1) is 0 Å². The van der Waals surface area contributed by atoms with Crippen LogP contribution >= 0.6 is 0 Å². The zero-order chi connectivity index (χ0) is 13.7. The fourth-order valence-corrected chi connectivity index (χ4v) is 1.89. The Balaban J connectivity index is 2.00. The number of nitriles is 1. The molecule has 2 amide bonds. The first-order valence-corrected chi connectivity index (χ1v) is 5.97. The summed E-state index contributed by atoms with van der Waals surface area (Å²) in [5.41, 5.74) is 1.58. The molecule has 2 N–H and O–H groups in total. The summed E-state index contributed by atoms with van der Waals surface area (Å²) in [5.74, 6) is -0.315. The number of anilines is 2. The average molecular weight is 258 g/mol. The van der Waals surface area contributed by atoms with E-state index in [4.69, 9.17) is 5.26 Å². The second-order valence-corrected chi connectivity index (χ2v) is 4.20. The SMILES string of the molecule is N#CCC(=O)Nc1ccc(N2CCNC(=O)C2)cc1. The van der Waals surface area contributed by atoms with Crippen LogP contribution in [0.3, 0.4) is 0 Å². The molecule has 1 fully saturated rings. The molecule has 0 aromatic heterocycles. The van der Waals surface area contributed by atoms with Crippen molar-refractivity contribution in [2.75, 3.05) is 29.9 Å². The van der Waals surface area contributed by atoms with Crippen molar-refractivity contribution in [2.24, 2.45) is 0 Å². The van der Waals surface area contributed by atoms with E-state index in [9.17, 15) is 9.59 Å². The van der Waals surface area contributed by atoms with Crippen LogP contribution in [-0.4, -0.2) is 31.4 Å². The summed E-state index contributed by atoms with van der Waals surface area (Å²) < 4.78 is 0. The van der Waals surface area contributed by atoms with Gasteiger partial charge in [-0.2, -0.15) is 5.26 Å². The highest BCUT2D eigenvalue weighted by atomic mass is 16.2. The Kier molecular flexibility index (Phi) is 3.98. The van der Waals surface area contributed by atoms with E-state index in [1.54, 1.807) is 18.2 Å². The lowest BCUT2D eigenvalue weighted by Gasteiger charge is -2.28. The van der Waals surface area contributed by atoms with E-state index in [0.29, 0.717) is 18.8 Å². The van der Waals surface area contributed by atoms with E-state index in [0.717, 1.165) is 12.2 Å². The molecular weight excluding hydrogens is 244 g/mol. The molecule has 0 atom stereocenters. The van der Waals surface area contributed by atoms with Gasteiger partial charge in [-0.05, 0) is 24.3 Å². The van der Waals surface area contributed by atoms with Gasteiger partial charge in [0.15, 0.2) is 0 Å². The van der Waals surface area contributed by atoms with Gasteiger partial charge in [-0.3, -0.25) is 9.59 Å². The highest BCUT2D eigenvalue weighted by molar-refractivity contribution is 5.92. The molecular formula is C13H14N4O2. The van der Waals surface area contributed by atoms with Gasteiger partial charge in [0.2, 0.25) is 11.8 Å². The molecule has 0 saturated carbocycles. The topological polar surface area (TPSA) is 85.2 Å². The van der Waals surface area contributed by atoms with Gasteiger partial charge in [-0.25, -0.2) is 0 Å². The van der Waals surface area contributed by atoms with Crippen LogP contribution in [0, 0.1) is 11.3 Å². The van der Waals surface area contributed by atoms with Crippen LogP contribution in [-0.2, 0) is 9.59 Å². The van der Waals surface area contributed by atoms with Gasteiger partial charge in [0.05, 0.1) is 12.6 Å². The van der Waals surface area contributed by atoms with E-state index < -0.39 is 0 Å². The number of carbonyl (C=O) groups is 2. The lowest BCUT2D eigenvalue weighted by molar-refractivity contribution is -0.120. The van der Waals surface area contributed by atoms with Crippen LogP contribution in [0.4, 0.5) is 11.4 Å². The number of benzene rings is 1. The summed E-state index contributed by atoms with van der Waals surface area (Å²) in [5, 5.41) is 13.8. The van der Waals surface area contributed by atoms with Crippen LogP contribution < -0.4 is 15.5 Å². The van der Waals surface area contributed by atoms with Gasteiger partial charge >= 0.3 is 0 Å². The largest absolute Gasteiger partial charge is 0.360 e. The number of hydrogen-bond donors (Lipinski definition) is 2. The Morgan fingerprint density at radius 2 is 2.16 bits per heavy atom. The van der Waals surface area contributed by atoms with Crippen LogP contribution in [0.15, 0.2) is 24.3 Å². The molecule has 0 radical (unpaired) electrons. The molecule has 6 heteroatoms. The van der Waals surface area contributed by atoms with E-state index >= 15 is 0 Å². The molecule has 98 valence electrons. The van der Waals surface area contributed by atoms with Crippen LogP contribution in [0.1, 0.15) is 6.42 Å². The minimum Gasteiger partial charge on any atom is -0.360 e. The third-order valence-electron chi connectivity index (χ3n) is 2.79. The molecule has 1 aliphatic rings. The van der Waals surface area contributed by atoms with E-state index in [1.807, 2.05) is 17.0 Å². The summed E-state index contributed by atoms with van der Waals surface area (Å²) in [6, 6.07) is 9.01. The number of rotatable bonds is 3. The van der Waals surface area contributed by atoms with Gasteiger partial charge in [-0.1, -0.05) is 0 Å². The molecule has 0 bridgehead atoms. The van der Waals surface area contributed by atoms with Crippen molar-refractivity contribution < 1.29 is 9.59 Å². The smallest absolute Gasteiger partial charge is 0.239 e. The third-order valence-corrected chi connectivity index (χ3v) is 2.79. The summed E-state index contributed by atoms with van der Waals surface area (Å²) in [6.45, 7) is 1.76. The number of piperazine rings is 1. The molecule has 6 nitrogen and oxygen atoms in total. The second kappa shape index (κ2) is 5.87. The molecule has 2 rings (SSSR count). The summed E-state index contributed by atoms with van der Waals surface area (Å²) in [6.07, 6.45) is -0.159. The van der Waals surface area contributed by atoms with Gasteiger partial charge in [0.1, 0.15) is 6.42 Å². The third kappa shape index (κ3) is 3.45. The van der Waals surface area contributed by atoms with E-state index in [2.05, 4.69) is 10.6 Å². The van der Waals surface area contributed by atoms with Crippen molar-refractivity contribution in [2.45, 2.75) is 6.42 Å². The fourth-order valence-electron chi connectivity index (χ4n) is 1.89. The van der Waals surface area contributed by atoms with Crippen molar-refractivity contribution in [3.05, 3.63) is 24.3 Å². The lowest BCUT2D eigenvalue weighted by atomic mass is 10.2. The quantitative estimate of drug-likeness (QED) is 0.825. The Labute approximate surface area is 111 Å². The monoisotopic (exact) mass is 258 g/mol. The van der Waals surface area contributed by atoms with Crippen molar-refractivity contribution in [3.63, 3.8) is 0 Å². The normalized spacial score (nSPS) is 14.5. The number of carbonyl (C=O) groups excluding carboxylic acids is 2. The molecule has 0 unspecified atom stereocenters. The lowest BCUT2D eigenvalue weighted by Crippen LogP contribution is -2.47. The minimum absolute atomic E-state index is 0.0117. The average Bonchev–Trinajstić information content (AvgIpc) is 2.40. The van der Waals surface area contributed by atoms with Crippen LogP contribution in [0.25, 0.3) is 0 Å².